The van der Waals surface area contributed by atoms with E-state index in [-0.39, 0.29) is 11.8 Å². The van der Waals surface area contributed by atoms with Gasteiger partial charge < -0.3 is 15.1 Å². The van der Waals surface area contributed by atoms with Crippen molar-refractivity contribution in [2.75, 3.05) is 31.5 Å². The second kappa shape index (κ2) is 9.06. The van der Waals surface area contributed by atoms with E-state index in [0.29, 0.717) is 12.6 Å². The Morgan fingerprint density at radius 2 is 1.69 bits per heavy atom. The van der Waals surface area contributed by atoms with Crippen molar-refractivity contribution in [1.29, 1.82) is 0 Å². The predicted molar refractivity (Wildman–Crippen MR) is 104 cm³/mol. The van der Waals surface area contributed by atoms with Gasteiger partial charge in [0.25, 0.3) is 5.91 Å². The van der Waals surface area contributed by atoms with Gasteiger partial charge in [0.2, 0.25) is 5.91 Å². The molecule has 0 aromatic heterocycles. The fourth-order valence-corrected chi connectivity index (χ4v) is 4.14. The highest BCUT2D eigenvalue weighted by Crippen LogP contribution is 2.22. The van der Waals surface area contributed by atoms with Gasteiger partial charge in [-0.05, 0) is 56.9 Å². The lowest BCUT2D eigenvalue weighted by molar-refractivity contribution is -0.132. The molecule has 2 aliphatic rings. The van der Waals surface area contributed by atoms with Crippen molar-refractivity contribution < 1.29 is 9.59 Å². The van der Waals surface area contributed by atoms with E-state index in [1.165, 1.54) is 19.3 Å². The van der Waals surface area contributed by atoms with Crippen LogP contribution in [0.4, 0.5) is 5.69 Å². The van der Waals surface area contributed by atoms with Crippen LogP contribution in [0.25, 0.3) is 0 Å². The molecule has 1 aromatic carbocycles. The number of likely N-dealkylation sites (N-methyl/N-ethyl adjacent to an activating group) is 1. The topological polar surface area (TPSA) is 52.7 Å². The molecule has 0 spiro atoms. The Morgan fingerprint density at radius 1 is 1.04 bits per heavy atom. The molecule has 1 saturated carbocycles. The Kier molecular flexibility index (Phi) is 6.53. The summed E-state index contributed by atoms with van der Waals surface area (Å²) in [7, 11) is 0. The number of benzene rings is 1. The number of nitrogens with one attached hydrogen (secondary N) is 1. The fraction of sp³-hybridized carbons (Fsp3) is 0.619. The van der Waals surface area contributed by atoms with Crippen LogP contribution in [0.2, 0.25) is 0 Å². The van der Waals surface area contributed by atoms with Gasteiger partial charge in [-0.15, -0.1) is 0 Å². The molecule has 2 amide bonds. The van der Waals surface area contributed by atoms with Crippen LogP contribution in [0, 0.1) is 0 Å². The van der Waals surface area contributed by atoms with Crippen LogP contribution in [0.5, 0.6) is 0 Å². The summed E-state index contributed by atoms with van der Waals surface area (Å²) in [6.07, 6.45) is 8.22. The first kappa shape index (κ1) is 18.7. The summed E-state index contributed by atoms with van der Waals surface area (Å²) in [5.41, 5.74) is 1.61. The second-order valence-electron chi connectivity index (χ2n) is 7.40. The second-order valence-corrected chi connectivity index (χ2v) is 7.40. The van der Waals surface area contributed by atoms with Gasteiger partial charge in [-0.3, -0.25) is 9.59 Å². The minimum Gasteiger partial charge on any atom is -0.376 e. The molecule has 5 nitrogen and oxygen atoms in total. The van der Waals surface area contributed by atoms with Gasteiger partial charge >= 0.3 is 0 Å². The number of nitrogens with zero attached hydrogens (tertiary/aromatic N) is 2. The number of anilines is 1. The Bertz CT molecular complexity index is 602. The maximum absolute atomic E-state index is 12.6. The highest BCUT2D eigenvalue weighted by Gasteiger charge is 2.24. The van der Waals surface area contributed by atoms with Crippen LogP contribution >= 0.6 is 0 Å². The molecule has 1 aliphatic heterocycles. The van der Waals surface area contributed by atoms with E-state index in [9.17, 15) is 9.59 Å². The molecule has 26 heavy (non-hydrogen) atoms. The highest BCUT2D eigenvalue weighted by atomic mass is 16.2. The molecule has 1 heterocycles. The van der Waals surface area contributed by atoms with E-state index in [1.54, 1.807) is 0 Å². The zero-order valence-corrected chi connectivity index (χ0v) is 15.9. The van der Waals surface area contributed by atoms with Gasteiger partial charge in [-0.25, -0.2) is 0 Å². The number of amides is 2. The number of likely N-dealkylation sites (tertiary alicyclic amines) is 1. The van der Waals surface area contributed by atoms with Crippen LogP contribution < -0.4 is 5.32 Å². The first-order valence-corrected chi connectivity index (χ1v) is 10.1. The first-order chi connectivity index (χ1) is 12.7. The molecule has 3 rings (SSSR count). The van der Waals surface area contributed by atoms with Gasteiger partial charge in [-0.2, -0.15) is 0 Å². The number of hydrogen-bond donors (Lipinski definition) is 1. The van der Waals surface area contributed by atoms with Crippen molar-refractivity contribution >= 4 is 17.5 Å². The van der Waals surface area contributed by atoms with Gasteiger partial charge in [0.1, 0.15) is 0 Å². The quantitative estimate of drug-likeness (QED) is 0.847. The van der Waals surface area contributed by atoms with E-state index in [4.69, 9.17) is 0 Å². The third-order valence-electron chi connectivity index (χ3n) is 5.65. The summed E-state index contributed by atoms with van der Waals surface area (Å²) >= 11 is 0. The molecule has 0 atom stereocenters. The van der Waals surface area contributed by atoms with Crippen LogP contribution in [0.15, 0.2) is 24.3 Å². The van der Waals surface area contributed by atoms with Crippen molar-refractivity contribution in [3.05, 3.63) is 29.8 Å². The largest absolute Gasteiger partial charge is 0.376 e. The normalized spacial score (nSPS) is 18.0. The number of hydrogen-bond acceptors (Lipinski definition) is 3. The Hall–Kier alpha value is -2.04. The van der Waals surface area contributed by atoms with E-state index < -0.39 is 0 Å². The maximum atomic E-state index is 12.6. The lowest BCUT2D eigenvalue weighted by Crippen LogP contribution is -2.43. The van der Waals surface area contributed by atoms with Gasteiger partial charge in [-0.1, -0.05) is 19.3 Å². The molecular weight excluding hydrogens is 326 g/mol. The lowest BCUT2D eigenvalue weighted by atomic mass is 9.94. The van der Waals surface area contributed by atoms with E-state index in [1.807, 2.05) is 34.1 Å². The predicted octanol–water partition coefficient (Wildman–Crippen LogP) is 3.52. The fourth-order valence-electron chi connectivity index (χ4n) is 4.14. The molecule has 0 unspecified atom stereocenters. The van der Waals surface area contributed by atoms with Crippen LogP contribution in [-0.2, 0) is 4.79 Å². The number of rotatable bonds is 6. The minimum absolute atomic E-state index is 0.111. The summed E-state index contributed by atoms with van der Waals surface area (Å²) in [4.78, 5) is 28.9. The average Bonchev–Trinajstić information content (AvgIpc) is 3.22. The molecule has 0 radical (unpaired) electrons. The molecule has 1 aromatic rings. The van der Waals surface area contributed by atoms with E-state index >= 15 is 0 Å². The summed E-state index contributed by atoms with van der Waals surface area (Å²) < 4.78 is 0. The molecular formula is C21H31N3O2. The van der Waals surface area contributed by atoms with Crippen molar-refractivity contribution in [2.24, 2.45) is 0 Å². The summed E-state index contributed by atoms with van der Waals surface area (Å²) in [6.45, 7) is 4.87. The summed E-state index contributed by atoms with van der Waals surface area (Å²) in [5.74, 6) is 0.274. The number of carbonyl (C=O) groups excluding carboxylic acids is 2. The van der Waals surface area contributed by atoms with Crippen molar-refractivity contribution in [3.8, 4) is 0 Å². The molecule has 2 fully saturated rings. The maximum Gasteiger partial charge on any atom is 0.253 e. The van der Waals surface area contributed by atoms with Crippen molar-refractivity contribution in [1.82, 2.24) is 9.80 Å². The lowest BCUT2D eigenvalue weighted by Gasteiger charge is -2.33. The van der Waals surface area contributed by atoms with Gasteiger partial charge in [0, 0.05) is 36.9 Å². The van der Waals surface area contributed by atoms with E-state index in [2.05, 4.69) is 12.2 Å². The third kappa shape index (κ3) is 4.57. The van der Waals surface area contributed by atoms with Crippen LogP contribution in [0.3, 0.4) is 0 Å². The van der Waals surface area contributed by atoms with Gasteiger partial charge in [0.05, 0.1) is 6.54 Å². The Morgan fingerprint density at radius 3 is 2.31 bits per heavy atom. The van der Waals surface area contributed by atoms with Crippen molar-refractivity contribution in [3.63, 3.8) is 0 Å². The zero-order valence-electron chi connectivity index (χ0n) is 15.9. The monoisotopic (exact) mass is 357 g/mol. The average molecular weight is 357 g/mol. The van der Waals surface area contributed by atoms with Crippen molar-refractivity contribution in [2.45, 2.75) is 57.9 Å². The van der Waals surface area contributed by atoms with Crippen LogP contribution in [-0.4, -0.2) is 53.8 Å². The highest BCUT2D eigenvalue weighted by molar-refractivity contribution is 5.94. The first-order valence-electron chi connectivity index (χ1n) is 10.1. The molecule has 5 heteroatoms. The van der Waals surface area contributed by atoms with Gasteiger partial charge in [0.15, 0.2) is 0 Å². The Labute approximate surface area is 156 Å². The summed E-state index contributed by atoms with van der Waals surface area (Å²) in [5, 5.41) is 3.22. The summed E-state index contributed by atoms with van der Waals surface area (Å²) in [6, 6.07) is 7.91. The zero-order chi connectivity index (χ0) is 18.4. The smallest absolute Gasteiger partial charge is 0.253 e. The SMILES string of the molecule is CCN(C(=O)CNc1ccc(C(=O)N2CCCC2)cc1)C1CCCCC1. The third-order valence-corrected chi connectivity index (χ3v) is 5.65. The molecule has 1 aliphatic carbocycles. The van der Waals surface area contributed by atoms with Crippen LogP contribution in [0.1, 0.15) is 62.2 Å². The molecule has 0 bridgehead atoms. The minimum atomic E-state index is 0.111. The standard InChI is InChI=1S/C21H31N3O2/c1-2-24(19-8-4-3-5-9-19)20(25)16-22-18-12-10-17(11-13-18)21(26)23-14-6-7-15-23/h10-13,19,22H,2-9,14-16H2,1H3. The molecule has 142 valence electrons. The van der Waals surface area contributed by atoms with E-state index in [0.717, 1.165) is 56.6 Å². The Balaban J connectivity index is 1.52. The number of carbonyl (C=O) groups is 2. The molecule has 1 saturated heterocycles. The molecule has 1 N–H and O–H groups in total.